The molecule has 6 nitrogen and oxygen atoms in total. The average molecular weight is 360 g/mol. The van der Waals surface area contributed by atoms with Crippen LogP contribution in [0.3, 0.4) is 0 Å². The molecule has 1 aromatic carbocycles. The quantitative estimate of drug-likeness (QED) is 0.851. The topological polar surface area (TPSA) is 87.9 Å². The number of nitrogens with one attached hydrogen (secondary N) is 1. The van der Waals surface area contributed by atoms with Gasteiger partial charge in [-0.2, -0.15) is 5.26 Å². The molecule has 24 heavy (non-hydrogen) atoms. The normalized spacial score (nSPS) is 16.7. The van der Waals surface area contributed by atoms with Crippen molar-refractivity contribution >= 4 is 34.1 Å². The van der Waals surface area contributed by atoms with Crippen molar-refractivity contribution in [2.75, 3.05) is 17.7 Å². The lowest BCUT2D eigenvalue weighted by atomic mass is 10.2. The van der Waals surface area contributed by atoms with Gasteiger partial charge < -0.3 is 4.74 Å². The van der Waals surface area contributed by atoms with E-state index in [2.05, 4.69) is 21.6 Å². The number of aromatic nitrogens is 2. The number of amides is 1. The number of carbonyl (C=O) groups excluding carboxylic acids is 1. The van der Waals surface area contributed by atoms with Gasteiger partial charge in [-0.05, 0) is 30.5 Å². The minimum atomic E-state index is -0.105. The summed E-state index contributed by atoms with van der Waals surface area (Å²) in [6.45, 7) is 0.760. The maximum atomic E-state index is 12.0. The monoisotopic (exact) mass is 360 g/mol. The van der Waals surface area contributed by atoms with E-state index in [9.17, 15) is 4.79 Å². The SMILES string of the molecule is N#Cc1cccc(CSCC(=O)Nc2nnc(C3CCCO3)s2)c1. The van der Waals surface area contributed by atoms with Crippen LogP contribution in [0.2, 0.25) is 0 Å². The van der Waals surface area contributed by atoms with Gasteiger partial charge in [0.1, 0.15) is 11.1 Å². The fourth-order valence-corrected chi connectivity index (χ4v) is 3.95. The van der Waals surface area contributed by atoms with Crippen molar-refractivity contribution in [1.82, 2.24) is 10.2 Å². The lowest BCUT2D eigenvalue weighted by molar-refractivity contribution is -0.113. The summed E-state index contributed by atoms with van der Waals surface area (Å²) in [7, 11) is 0. The zero-order valence-electron chi connectivity index (χ0n) is 12.9. The lowest BCUT2D eigenvalue weighted by Crippen LogP contribution is -2.14. The molecule has 8 heteroatoms. The van der Waals surface area contributed by atoms with Crippen LogP contribution in [0, 0.1) is 11.3 Å². The van der Waals surface area contributed by atoms with Crippen molar-refractivity contribution in [3.8, 4) is 6.07 Å². The van der Waals surface area contributed by atoms with Gasteiger partial charge in [0.25, 0.3) is 0 Å². The fourth-order valence-electron chi connectivity index (χ4n) is 2.34. The van der Waals surface area contributed by atoms with E-state index in [0.717, 1.165) is 30.0 Å². The number of ether oxygens (including phenoxy) is 1. The van der Waals surface area contributed by atoms with Crippen LogP contribution in [0.5, 0.6) is 0 Å². The molecular formula is C16H16N4O2S2. The summed E-state index contributed by atoms with van der Waals surface area (Å²) in [6, 6.07) is 9.51. The third-order valence-corrected chi connectivity index (χ3v) is 5.38. The second-order valence-corrected chi connectivity index (χ2v) is 7.29. The second-order valence-electron chi connectivity index (χ2n) is 5.30. The number of carbonyl (C=O) groups is 1. The van der Waals surface area contributed by atoms with Crippen LogP contribution in [-0.4, -0.2) is 28.5 Å². The number of hydrogen-bond donors (Lipinski definition) is 1. The predicted molar refractivity (Wildman–Crippen MR) is 93.8 cm³/mol. The first kappa shape index (κ1) is 16.9. The van der Waals surface area contributed by atoms with E-state index < -0.39 is 0 Å². The van der Waals surface area contributed by atoms with E-state index in [0.29, 0.717) is 22.2 Å². The number of hydrogen-bond acceptors (Lipinski definition) is 7. The third-order valence-electron chi connectivity index (χ3n) is 3.45. The molecule has 1 atom stereocenters. The Kier molecular flexibility index (Phi) is 5.80. The Morgan fingerprint density at radius 2 is 2.42 bits per heavy atom. The molecule has 1 N–H and O–H groups in total. The molecule has 3 rings (SSSR count). The van der Waals surface area contributed by atoms with E-state index in [-0.39, 0.29) is 12.0 Å². The van der Waals surface area contributed by atoms with Crippen LogP contribution in [0.4, 0.5) is 5.13 Å². The van der Waals surface area contributed by atoms with Crippen molar-refractivity contribution in [1.29, 1.82) is 5.26 Å². The second kappa shape index (κ2) is 8.24. The molecule has 1 unspecified atom stereocenters. The number of benzene rings is 1. The molecule has 2 heterocycles. The van der Waals surface area contributed by atoms with Gasteiger partial charge in [0, 0.05) is 12.4 Å². The molecule has 1 aliphatic rings. The van der Waals surface area contributed by atoms with E-state index in [1.54, 1.807) is 6.07 Å². The Balaban J connectivity index is 1.45. The maximum Gasteiger partial charge on any atom is 0.236 e. The predicted octanol–water partition coefficient (Wildman–Crippen LogP) is 3.13. The van der Waals surface area contributed by atoms with Crippen molar-refractivity contribution in [3.63, 3.8) is 0 Å². The first-order valence-corrected chi connectivity index (χ1v) is 9.53. The summed E-state index contributed by atoms with van der Waals surface area (Å²) in [6.07, 6.45) is 2.02. The minimum absolute atomic E-state index is 0.0231. The van der Waals surface area contributed by atoms with E-state index >= 15 is 0 Å². The molecule has 1 amide bonds. The van der Waals surface area contributed by atoms with Gasteiger partial charge in [0.2, 0.25) is 11.0 Å². The molecule has 0 radical (unpaired) electrons. The number of nitrogens with zero attached hydrogens (tertiary/aromatic N) is 3. The third kappa shape index (κ3) is 4.54. The van der Waals surface area contributed by atoms with Gasteiger partial charge in [-0.15, -0.1) is 22.0 Å². The number of thioether (sulfide) groups is 1. The van der Waals surface area contributed by atoms with Crippen LogP contribution in [0.1, 0.15) is 35.1 Å². The van der Waals surface area contributed by atoms with Gasteiger partial charge in [-0.3, -0.25) is 10.1 Å². The van der Waals surface area contributed by atoms with Crippen molar-refractivity contribution in [3.05, 3.63) is 40.4 Å². The first-order valence-electron chi connectivity index (χ1n) is 7.56. The summed E-state index contributed by atoms with van der Waals surface area (Å²) in [5.41, 5.74) is 1.66. The summed E-state index contributed by atoms with van der Waals surface area (Å²) in [4.78, 5) is 12.0. The highest BCUT2D eigenvalue weighted by atomic mass is 32.2. The maximum absolute atomic E-state index is 12.0. The molecule has 2 aromatic rings. The fraction of sp³-hybridized carbons (Fsp3) is 0.375. The van der Waals surface area contributed by atoms with Crippen molar-refractivity contribution in [2.24, 2.45) is 0 Å². The Morgan fingerprint density at radius 3 is 3.21 bits per heavy atom. The first-order chi connectivity index (χ1) is 11.7. The van der Waals surface area contributed by atoms with Crippen LogP contribution in [0.15, 0.2) is 24.3 Å². The Bertz CT molecular complexity index is 751. The molecule has 0 bridgehead atoms. The largest absolute Gasteiger partial charge is 0.371 e. The Morgan fingerprint density at radius 1 is 1.50 bits per heavy atom. The molecule has 0 saturated carbocycles. The van der Waals surface area contributed by atoms with Gasteiger partial charge in [-0.1, -0.05) is 23.5 Å². The zero-order valence-corrected chi connectivity index (χ0v) is 14.5. The summed E-state index contributed by atoms with van der Waals surface area (Å²) in [5, 5.41) is 21.1. The molecule has 1 saturated heterocycles. The van der Waals surface area contributed by atoms with Gasteiger partial charge in [0.05, 0.1) is 17.4 Å². The van der Waals surface area contributed by atoms with Crippen LogP contribution in [-0.2, 0) is 15.3 Å². The van der Waals surface area contributed by atoms with Gasteiger partial charge in [-0.25, -0.2) is 0 Å². The van der Waals surface area contributed by atoms with Crippen molar-refractivity contribution in [2.45, 2.75) is 24.7 Å². The zero-order chi connectivity index (χ0) is 16.8. The standard InChI is InChI=1S/C16H16N4O2S2/c17-8-11-3-1-4-12(7-11)9-23-10-14(21)18-16-20-19-15(24-16)13-5-2-6-22-13/h1,3-4,7,13H,2,5-6,9-10H2,(H,18,20,21). The molecule has 1 aromatic heterocycles. The smallest absolute Gasteiger partial charge is 0.236 e. The molecule has 0 spiro atoms. The van der Waals surface area contributed by atoms with Crippen LogP contribution < -0.4 is 5.32 Å². The number of rotatable bonds is 6. The Labute approximate surface area is 148 Å². The summed E-state index contributed by atoms with van der Waals surface area (Å²) in [5.74, 6) is 0.901. The van der Waals surface area contributed by atoms with Gasteiger partial charge >= 0.3 is 0 Å². The highest BCUT2D eigenvalue weighted by Gasteiger charge is 2.22. The molecule has 0 aliphatic carbocycles. The molecule has 1 fully saturated rings. The van der Waals surface area contributed by atoms with E-state index in [1.165, 1.54) is 23.1 Å². The summed E-state index contributed by atoms with van der Waals surface area (Å²) < 4.78 is 5.56. The van der Waals surface area contributed by atoms with Crippen molar-refractivity contribution < 1.29 is 9.53 Å². The molecule has 124 valence electrons. The van der Waals surface area contributed by atoms with Crippen LogP contribution in [0.25, 0.3) is 0 Å². The number of nitriles is 1. The van der Waals surface area contributed by atoms with Crippen LogP contribution >= 0.6 is 23.1 Å². The van der Waals surface area contributed by atoms with Gasteiger partial charge in [0.15, 0.2) is 0 Å². The number of anilines is 1. The molecule has 1 aliphatic heterocycles. The van der Waals surface area contributed by atoms with E-state index in [1.807, 2.05) is 18.2 Å². The highest BCUT2D eigenvalue weighted by Crippen LogP contribution is 2.31. The minimum Gasteiger partial charge on any atom is -0.371 e. The lowest BCUT2D eigenvalue weighted by Gasteiger charge is -2.03. The Hall–Kier alpha value is -1.95. The summed E-state index contributed by atoms with van der Waals surface area (Å²) >= 11 is 2.86. The average Bonchev–Trinajstić information content (AvgIpc) is 3.26. The highest BCUT2D eigenvalue weighted by molar-refractivity contribution is 7.99. The molecular weight excluding hydrogens is 344 g/mol. The van der Waals surface area contributed by atoms with E-state index in [4.69, 9.17) is 10.00 Å².